The zero-order valence-corrected chi connectivity index (χ0v) is 16.9. The molecule has 4 nitrogen and oxygen atoms in total. The molecule has 1 amide bonds. The summed E-state index contributed by atoms with van der Waals surface area (Å²) >= 11 is 0. The van der Waals surface area contributed by atoms with Crippen molar-refractivity contribution in [1.82, 2.24) is 14.5 Å². The summed E-state index contributed by atoms with van der Waals surface area (Å²) in [5, 5.41) is 0. The summed E-state index contributed by atoms with van der Waals surface area (Å²) in [5.74, 6) is 1.00. The van der Waals surface area contributed by atoms with Crippen LogP contribution in [0, 0.1) is 11.7 Å². The number of carbonyl (C=O) groups excluding carboxylic acids is 1. The van der Waals surface area contributed by atoms with Gasteiger partial charge in [0.2, 0.25) is 0 Å². The van der Waals surface area contributed by atoms with Gasteiger partial charge in [-0.25, -0.2) is 9.37 Å². The zero-order chi connectivity index (χ0) is 20.1. The standard InChI is InChI=1S/C23H28FN3O/c1-4-13-27-21-11-10-19(24)15-20(21)25-22(27)16-26(14-12-17(2)3)23(28)18-8-6-5-7-9-18/h5-11,15,17H,4,12-14,16H2,1-3H3. The number of carbonyl (C=O) groups is 1. The van der Waals surface area contributed by atoms with Gasteiger partial charge in [0.05, 0.1) is 17.6 Å². The molecule has 0 unspecified atom stereocenters. The summed E-state index contributed by atoms with van der Waals surface area (Å²) in [6.45, 7) is 8.27. The fraction of sp³-hybridized carbons (Fsp3) is 0.391. The maximum atomic E-state index is 13.7. The molecule has 1 aromatic heterocycles. The highest BCUT2D eigenvalue weighted by Crippen LogP contribution is 2.20. The molecule has 0 fully saturated rings. The van der Waals surface area contributed by atoms with Crippen LogP contribution in [0.5, 0.6) is 0 Å². The molecule has 0 aliphatic carbocycles. The summed E-state index contributed by atoms with van der Waals surface area (Å²) in [6, 6.07) is 14.0. The van der Waals surface area contributed by atoms with E-state index in [4.69, 9.17) is 0 Å². The first-order valence-electron chi connectivity index (χ1n) is 9.98. The number of benzene rings is 2. The minimum atomic E-state index is -0.294. The SMILES string of the molecule is CCCn1c(CN(CCC(C)C)C(=O)c2ccccc2)nc2cc(F)ccc21. The van der Waals surface area contributed by atoms with Gasteiger partial charge in [-0.2, -0.15) is 0 Å². The molecule has 0 aliphatic heterocycles. The molecule has 2 aromatic carbocycles. The van der Waals surface area contributed by atoms with Crippen molar-refractivity contribution in [2.75, 3.05) is 6.54 Å². The van der Waals surface area contributed by atoms with E-state index >= 15 is 0 Å². The highest BCUT2D eigenvalue weighted by molar-refractivity contribution is 5.94. The lowest BCUT2D eigenvalue weighted by Gasteiger charge is -2.24. The number of hydrogen-bond acceptors (Lipinski definition) is 2. The quantitative estimate of drug-likeness (QED) is 0.533. The smallest absolute Gasteiger partial charge is 0.254 e. The highest BCUT2D eigenvalue weighted by Gasteiger charge is 2.20. The van der Waals surface area contributed by atoms with Gasteiger partial charge in [-0.05, 0) is 43.0 Å². The van der Waals surface area contributed by atoms with E-state index in [9.17, 15) is 9.18 Å². The molecule has 3 rings (SSSR count). The first-order valence-corrected chi connectivity index (χ1v) is 9.98. The number of rotatable bonds is 8. The number of halogens is 1. The number of imidazole rings is 1. The van der Waals surface area contributed by atoms with Crippen LogP contribution in [-0.2, 0) is 13.1 Å². The van der Waals surface area contributed by atoms with Crippen molar-refractivity contribution in [3.63, 3.8) is 0 Å². The number of aryl methyl sites for hydroxylation is 1. The van der Waals surface area contributed by atoms with E-state index in [1.54, 1.807) is 6.07 Å². The van der Waals surface area contributed by atoms with Crippen molar-refractivity contribution < 1.29 is 9.18 Å². The van der Waals surface area contributed by atoms with Gasteiger partial charge in [0.25, 0.3) is 5.91 Å². The second kappa shape index (κ2) is 9.00. The Labute approximate surface area is 166 Å². The Morgan fingerprint density at radius 1 is 1.18 bits per heavy atom. The first-order chi connectivity index (χ1) is 13.5. The van der Waals surface area contributed by atoms with Crippen molar-refractivity contribution in [3.05, 3.63) is 65.7 Å². The summed E-state index contributed by atoms with van der Waals surface area (Å²) in [5.41, 5.74) is 2.23. The zero-order valence-electron chi connectivity index (χ0n) is 16.9. The van der Waals surface area contributed by atoms with Crippen LogP contribution in [0.3, 0.4) is 0 Å². The summed E-state index contributed by atoms with van der Waals surface area (Å²) in [7, 11) is 0. The third-order valence-electron chi connectivity index (χ3n) is 4.85. The van der Waals surface area contributed by atoms with Gasteiger partial charge in [-0.1, -0.05) is 39.0 Å². The second-order valence-electron chi connectivity index (χ2n) is 7.59. The maximum Gasteiger partial charge on any atom is 0.254 e. The molecule has 148 valence electrons. The lowest BCUT2D eigenvalue weighted by atomic mass is 10.1. The molecule has 28 heavy (non-hydrogen) atoms. The van der Waals surface area contributed by atoms with Crippen LogP contribution in [0.2, 0.25) is 0 Å². The van der Waals surface area contributed by atoms with Gasteiger partial charge in [0.15, 0.2) is 0 Å². The Hall–Kier alpha value is -2.69. The molecule has 0 N–H and O–H groups in total. The third kappa shape index (κ3) is 4.58. The molecule has 1 heterocycles. The average Bonchev–Trinajstić information content (AvgIpc) is 3.01. The van der Waals surface area contributed by atoms with Crippen LogP contribution < -0.4 is 0 Å². The largest absolute Gasteiger partial charge is 0.331 e. The lowest BCUT2D eigenvalue weighted by molar-refractivity contribution is 0.0729. The highest BCUT2D eigenvalue weighted by atomic mass is 19.1. The van der Waals surface area contributed by atoms with Crippen LogP contribution in [0.25, 0.3) is 11.0 Å². The molecule has 0 aliphatic rings. The van der Waals surface area contributed by atoms with Crippen molar-refractivity contribution >= 4 is 16.9 Å². The Kier molecular flexibility index (Phi) is 6.45. The number of fused-ring (bicyclic) bond motifs is 1. The minimum absolute atomic E-state index is 0.00235. The van der Waals surface area contributed by atoms with E-state index in [1.165, 1.54) is 12.1 Å². The van der Waals surface area contributed by atoms with Crippen molar-refractivity contribution in [3.8, 4) is 0 Å². The predicted molar refractivity (Wildman–Crippen MR) is 111 cm³/mol. The molecule has 0 saturated heterocycles. The molecule has 0 radical (unpaired) electrons. The topological polar surface area (TPSA) is 38.1 Å². The van der Waals surface area contributed by atoms with Gasteiger partial charge in [0, 0.05) is 24.7 Å². The van der Waals surface area contributed by atoms with Gasteiger partial charge in [0.1, 0.15) is 11.6 Å². The van der Waals surface area contributed by atoms with Crippen LogP contribution in [-0.4, -0.2) is 26.9 Å². The summed E-state index contributed by atoms with van der Waals surface area (Å²) in [4.78, 5) is 19.7. The van der Waals surface area contributed by atoms with Crippen LogP contribution >= 0.6 is 0 Å². The third-order valence-corrected chi connectivity index (χ3v) is 4.85. The molecule has 0 atom stereocenters. The minimum Gasteiger partial charge on any atom is -0.331 e. The van der Waals surface area contributed by atoms with E-state index < -0.39 is 0 Å². The molecule has 3 aromatic rings. The molecule has 0 saturated carbocycles. The number of aromatic nitrogens is 2. The molecule has 0 bridgehead atoms. The number of hydrogen-bond donors (Lipinski definition) is 0. The van der Waals surface area contributed by atoms with Gasteiger partial charge in [-0.15, -0.1) is 0 Å². The predicted octanol–water partition coefficient (Wildman–Crippen LogP) is 5.27. The molecule has 5 heteroatoms. The normalized spacial score (nSPS) is 11.3. The Bertz CT molecular complexity index is 934. The van der Waals surface area contributed by atoms with E-state index in [-0.39, 0.29) is 11.7 Å². The van der Waals surface area contributed by atoms with Gasteiger partial charge < -0.3 is 9.47 Å². The Morgan fingerprint density at radius 2 is 1.93 bits per heavy atom. The van der Waals surface area contributed by atoms with Crippen LogP contribution in [0.1, 0.15) is 49.8 Å². The first kappa shape index (κ1) is 20.1. The fourth-order valence-electron chi connectivity index (χ4n) is 3.35. The van der Waals surface area contributed by atoms with E-state index in [2.05, 4.69) is 30.3 Å². The maximum absolute atomic E-state index is 13.7. The fourth-order valence-corrected chi connectivity index (χ4v) is 3.35. The summed E-state index contributed by atoms with van der Waals surface area (Å²) < 4.78 is 15.8. The van der Waals surface area contributed by atoms with E-state index in [1.807, 2.05) is 35.2 Å². The molecular weight excluding hydrogens is 353 g/mol. The van der Waals surface area contributed by atoms with Crippen molar-refractivity contribution in [2.24, 2.45) is 5.92 Å². The molecule has 0 spiro atoms. The second-order valence-corrected chi connectivity index (χ2v) is 7.59. The number of amides is 1. The number of nitrogens with zero attached hydrogens (tertiary/aromatic N) is 3. The lowest BCUT2D eigenvalue weighted by Crippen LogP contribution is -2.33. The van der Waals surface area contributed by atoms with E-state index in [0.29, 0.717) is 30.1 Å². The van der Waals surface area contributed by atoms with Crippen molar-refractivity contribution in [1.29, 1.82) is 0 Å². The van der Waals surface area contributed by atoms with E-state index in [0.717, 1.165) is 30.7 Å². The van der Waals surface area contributed by atoms with Crippen LogP contribution in [0.15, 0.2) is 48.5 Å². The van der Waals surface area contributed by atoms with Crippen LogP contribution in [0.4, 0.5) is 4.39 Å². The summed E-state index contributed by atoms with van der Waals surface area (Å²) in [6.07, 6.45) is 1.86. The Morgan fingerprint density at radius 3 is 2.61 bits per heavy atom. The van der Waals surface area contributed by atoms with Gasteiger partial charge >= 0.3 is 0 Å². The molecular formula is C23H28FN3O. The average molecular weight is 381 g/mol. The van der Waals surface area contributed by atoms with Crippen molar-refractivity contribution in [2.45, 2.75) is 46.7 Å². The van der Waals surface area contributed by atoms with Gasteiger partial charge in [-0.3, -0.25) is 4.79 Å². The Balaban J connectivity index is 1.95. The monoisotopic (exact) mass is 381 g/mol.